The Hall–Kier alpha value is -3.65. The predicted octanol–water partition coefficient (Wildman–Crippen LogP) is 1.29. The molecule has 0 spiro atoms. The first-order valence-electron chi connectivity index (χ1n) is 14.1. The number of hydrogen-bond acceptors (Lipinski definition) is 17. The molecular formula is C26H34Cl3N5O15. The maximum absolute atomic E-state index is 12.4. The van der Waals surface area contributed by atoms with Gasteiger partial charge in [-0.2, -0.15) is 0 Å². The molecule has 0 bridgehead atoms. The number of esters is 5. The zero-order valence-electron chi connectivity index (χ0n) is 26.8. The number of ether oxygens (including phenoxy) is 9. The molecule has 20 nitrogen and oxygen atoms in total. The highest BCUT2D eigenvalue weighted by molar-refractivity contribution is 6.76. The number of nitrogens with one attached hydrogen (secondary N) is 2. The van der Waals surface area contributed by atoms with E-state index in [0.29, 0.717) is 0 Å². The fraction of sp³-hybridized carbons (Fsp3) is 0.731. The van der Waals surface area contributed by atoms with Gasteiger partial charge in [-0.15, -0.1) is 0 Å². The highest BCUT2D eigenvalue weighted by Gasteiger charge is 2.57. The van der Waals surface area contributed by atoms with E-state index < -0.39 is 120 Å². The number of carbonyl (C=O) groups excluding carboxylic acids is 6. The Balaban J connectivity index is 2.76. The number of nitrogens with zero attached hydrogens (tertiary/aromatic N) is 3. The van der Waals surface area contributed by atoms with Crippen LogP contribution in [-0.2, 0) is 71.4 Å². The summed E-state index contributed by atoms with van der Waals surface area (Å²) < 4.78 is 47.8. The average Bonchev–Trinajstić information content (AvgIpc) is 2.95. The maximum Gasteiger partial charge on any atom is 0.303 e. The van der Waals surface area contributed by atoms with E-state index in [4.69, 9.17) is 88.4 Å². The fourth-order valence-electron chi connectivity index (χ4n) is 4.79. The van der Waals surface area contributed by atoms with Crippen molar-refractivity contribution in [3.63, 3.8) is 0 Å². The van der Waals surface area contributed by atoms with Crippen LogP contribution in [0.15, 0.2) is 5.11 Å². The number of alkyl halides is 3. The first-order valence-corrected chi connectivity index (χ1v) is 15.3. The minimum absolute atomic E-state index is 0.518. The maximum atomic E-state index is 12.4. The normalized spacial score (nSPS) is 29.6. The van der Waals surface area contributed by atoms with E-state index in [-0.39, 0.29) is 0 Å². The zero-order chi connectivity index (χ0) is 37.2. The molecule has 2 aliphatic heterocycles. The average molecular weight is 763 g/mol. The summed E-state index contributed by atoms with van der Waals surface area (Å²) in [5, 5.41) is 14.0. The molecule has 0 aromatic carbocycles. The van der Waals surface area contributed by atoms with Gasteiger partial charge in [-0.05, 0) is 5.53 Å². The van der Waals surface area contributed by atoms with Crippen molar-refractivity contribution in [2.24, 2.45) is 5.11 Å². The standard InChI is InChI=1S/C26H34Cl3N5O15/c1-9(35)33-17-20(43-12(4)38)18(42-11(3)37)15(7-32-34-31)46-23(17)48-19-16(8-41-10(2)36)47-24(49-25(30)26(27,28)29)22(45-14(6)40)21(19)44-13(5)39/h15-24,30H,7-8H2,1-6H3,(H,33,35)/t15-,16-,17-,18-,19-,20-,21+,22-,23+,24-/m1/s1. The molecule has 10 atom stereocenters. The lowest BCUT2D eigenvalue weighted by Crippen LogP contribution is -2.69. The van der Waals surface area contributed by atoms with Gasteiger partial charge in [0.05, 0.1) is 6.54 Å². The van der Waals surface area contributed by atoms with Gasteiger partial charge in [-0.1, -0.05) is 39.9 Å². The van der Waals surface area contributed by atoms with Crippen LogP contribution in [0, 0.1) is 5.41 Å². The summed E-state index contributed by atoms with van der Waals surface area (Å²) in [7, 11) is 0. The smallest absolute Gasteiger partial charge is 0.303 e. The summed E-state index contributed by atoms with van der Waals surface area (Å²) >= 11 is 17.3. The Morgan fingerprint density at radius 3 is 1.73 bits per heavy atom. The lowest BCUT2D eigenvalue weighted by molar-refractivity contribution is -0.339. The second-order valence-electron chi connectivity index (χ2n) is 10.4. The Morgan fingerprint density at radius 2 is 1.24 bits per heavy atom. The molecule has 0 unspecified atom stereocenters. The van der Waals surface area contributed by atoms with Crippen LogP contribution in [0.3, 0.4) is 0 Å². The molecule has 2 heterocycles. The lowest BCUT2D eigenvalue weighted by Gasteiger charge is -2.49. The van der Waals surface area contributed by atoms with Crippen molar-refractivity contribution in [3.8, 4) is 0 Å². The van der Waals surface area contributed by atoms with Gasteiger partial charge in [-0.25, -0.2) is 0 Å². The molecular weight excluding hydrogens is 729 g/mol. The van der Waals surface area contributed by atoms with Gasteiger partial charge in [0, 0.05) is 46.5 Å². The molecule has 2 saturated heterocycles. The first-order chi connectivity index (χ1) is 22.7. The van der Waals surface area contributed by atoms with Gasteiger partial charge < -0.3 is 47.9 Å². The molecule has 0 aromatic rings. The Morgan fingerprint density at radius 1 is 0.735 bits per heavy atom. The molecule has 0 aliphatic carbocycles. The highest BCUT2D eigenvalue weighted by Crippen LogP contribution is 2.36. The largest absolute Gasteiger partial charge is 0.463 e. The molecule has 0 saturated carbocycles. The van der Waals surface area contributed by atoms with Gasteiger partial charge in [0.15, 0.2) is 24.6 Å². The molecule has 2 rings (SSSR count). The molecule has 0 radical (unpaired) electrons. The monoisotopic (exact) mass is 761 g/mol. The van der Waals surface area contributed by atoms with Crippen molar-refractivity contribution < 1.29 is 71.4 Å². The van der Waals surface area contributed by atoms with Gasteiger partial charge in [0.2, 0.25) is 24.2 Å². The van der Waals surface area contributed by atoms with E-state index in [0.717, 1.165) is 41.5 Å². The van der Waals surface area contributed by atoms with Crippen LogP contribution in [0.5, 0.6) is 0 Å². The summed E-state index contributed by atoms with van der Waals surface area (Å²) in [4.78, 5) is 75.8. The van der Waals surface area contributed by atoms with E-state index >= 15 is 0 Å². The van der Waals surface area contributed by atoms with E-state index in [1.807, 2.05) is 0 Å². The molecule has 0 aromatic heterocycles. The van der Waals surface area contributed by atoms with Crippen LogP contribution in [0.1, 0.15) is 41.5 Å². The van der Waals surface area contributed by atoms with Crippen LogP contribution >= 0.6 is 34.8 Å². The van der Waals surface area contributed by atoms with Crippen molar-refractivity contribution in [1.29, 1.82) is 5.41 Å². The Kier molecular flexibility index (Phi) is 15.6. The van der Waals surface area contributed by atoms with Gasteiger partial charge in [0.1, 0.15) is 31.0 Å². The summed E-state index contributed by atoms with van der Waals surface area (Å²) in [6, 6.07) is -1.50. The molecule has 2 fully saturated rings. The number of amides is 1. The topological polar surface area (TPSA) is 270 Å². The van der Waals surface area contributed by atoms with Crippen molar-refractivity contribution >= 4 is 76.5 Å². The Bertz CT molecular complexity index is 1330. The summed E-state index contributed by atoms with van der Waals surface area (Å²) in [6.45, 7) is 5.04. The third kappa shape index (κ3) is 12.6. The lowest BCUT2D eigenvalue weighted by atomic mass is 9.94. The summed E-state index contributed by atoms with van der Waals surface area (Å²) in [5.74, 6) is -6.19. The predicted molar refractivity (Wildman–Crippen MR) is 162 cm³/mol. The molecule has 49 heavy (non-hydrogen) atoms. The van der Waals surface area contributed by atoms with Gasteiger partial charge >= 0.3 is 29.8 Å². The van der Waals surface area contributed by atoms with E-state index in [2.05, 4.69) is 15.3 Å². The van der Waals surface area contributed by atoms with Gasteiger partial charge in [0.25, 0.3) is 3.79 Å². The molecule has 274 valence electrons. The highest BCUT2D eigenvalue weighted by atomic mass is 35.6. The Labute approximate surface area is 293 Å². The van der Waals surface area contributed by atoms with Crippen LogP contribution in [0.4, 0.5) is 0 Å². The SMILES string of the molecule is CC(=O)N[C@H]1[C@H](O[C@H]2[C@H](OC(C)=O)[C@@H](OC(C)=O)[C@@H](OC(=N)C(Cl)(Cl)Cl)O[C@@H]2COC(C)=O)O[C@H](CN=[N+]=[N-])[C@@H](OC(C)=O)[C@@H]1OC(C)=O. The van der Waals surface area contributed by atoms with Crippen molar-refractivity contribution in [2.75, 3.05) is 13.2 Å². The second kappa shape index (κ2) is 18.4. The van der Waals surface area contributed by atoms with E-state index in [1.165, 1.54) is 0 Å². The summed E-state index contributed by atoms with van der Waals surface area (Å²) in [5.41, 5.74) is 8.99. The van der Waals surface area contributed by atoms with Crippen LogP contribution in [-0.4, -0.2) is 120 Å². The number of carbonyl (C=O) groups is 6. The van der Waals surface area contributed by atoms with Crippen molar-refractivity contribution in [2.45, 2.75) is 107 Å². The minimum Gasteiger partial charge on any atom is -0.463 e. The van der Waals surface area contributed by atoms with E-state index in [9.17, 15) is 28.8 Å². The second-order valence-corrected chi connectivity index (χ2v) is 12.7. The molecule has 23 heteroatoms. The molecule has 2 N–H and O–H groups in total. The number of azide groups is 1. The minimum atomic E-state index is -2.44. The van der Waals surface area contributed by atoms with Crippen molar-refractivity contribution in [3.05, 3.63) is 10.4 Å². The van der Waals surface area contributed by atoms with Crippen LogP contribution in [0.2, 0.25) is 0 Å². The number of hydrogen-bond donors (Lipinski definition) is 2. The third-order valence-corrected chi connectivity index (χ3v) is 6.89. The fourth-order valence-corrected chi connectivity index (χ4v) is 4.92. The quantitative estimate of drug-likeness (QED) is 0.0414. The number of halogens is 3. The van der Waals surface area contributed by atoms with Gasteiger partial charge in [-0.3, -0.25) is 34.2 Å². The number of rotatable bonds is 12. The zero-order valence-corrected chi connectivity index (χ0v) is 29.1. The van der Waals surface area contributed by atoms with E-state index in [1.54, 1.807) is 0 Å². The first kappa shape index (κ1) is 41.5. The van der Waals surface area contributed by atoms with Crippen LogP contribution < -0.4 is 5.32 Å². The third-order valence-electron chi connectivity index (χ3n) is 6.37. The molecule has 2 aliphatic rings. The van der Waals surface area contributed by atoms with Crippen molar-refractivity contribution in [1.82, 2.24) is 5.32 Å². The summed E-state index contributed by atoms with van der Waals surface area (Å²) in [6.07, 6.45) is -14.7. The molecule has 1 amide bonds. The van der Waals surface area contributed by atoms with Crippen LogP contribution in [0.25, 0.3) is 10.4 Å².